The van der Waals surface area contributed by atoms with E-state index in [1.165, 1.54) is 0 Å². The molecule has 5 nitrogen and oxygen atoms in total. The van der Waals surface area contributed by atoms with E-state index >= 15 is 0 Å². The number of thioether (sulfide) groups is 1. The highest BCUT2D eigenvalue weighted by Crippen LogP contribution is 2.39. The number of hydrogen-bond acceptors (Lipinski definition) is 5. The van der Waals surface area contributed by atoms with Crippen LogP contribution in [0, 0.1) is 0 Å². The van der Waals surface area contributed by atoms with Gasteiger partial charge in [-0.15, -0.1) is 0 Å². The molecule has 1 heterocycles. The van der Waals surface area contributed by atoms with E-state index in [-0.39, 0.29) is 11.1 Å². The molecule has 0 radical (unpaired) electrons. The largest absolute Gasteiger partial charge is 0.490 e. The number of hydrogen-bond donors (Lipinski definition) is 0. The molecule has 28 heavy (non-hydrogen) atoms. The van der Waals surface area contributed by atoms with E-state index in [0.29, 0.717) is 45.9 Å². The van der Waals surface area contributed by atoms with Crippen LogP contribution in [0.3, 0.4) is 0 Å². The number of anilines is 1. The summed E-state index contributed by atoms with van der Waals surface area (Å²) >= 11 is 10.3. The molecule has 0 saturated carbocycles. The van der Waals surface area contributed by atoms with Crippen molar-refractivity contribution in [2.75, 3.05) is 18.1 Å². The third kappa shape index (κ3) is 4.37. The molecular formula is C20H17BrClNO4S. The Balaban J connectivity index is 1.95. The third-order valence-corrected chi connectivity index (χ3v) is 5.64. The Kier molecular flexibility index (Phi) is 6.69. The number of rotatable bonds is 6. The van der Waals surface area contributed by atoms with Gasteiger partial charge in [-0.2, -0.15) is 0 Å². The molecule has 1 fully saturated rings. The number of carbonyl (C=O) groups excluding carboxylic acids is 2. The molecule has 0 unspecified atom stereocenters. The fourth-order valence-electron chi connectivity index (χ4n) is 2.62. The molecule has 0 atom stereocenters. The van der Waals surface area contributed by atoms with Crippen LogP contribution in [0.1, 0.15) is 19.4 Å². The van der Waals surface area contributed by atoms with Crippen LogP contribution in [0.15, 0.2) is 45.8 Å². The van der Waals surface area contributed by atoms with Gasteiger partial charge in [0.1, 0.15) is 0 Å². The molecule has 2 amide bonds. The second-order valence-corrected chi connectivity index (χ2v) is 7.96. The maximum Gasteiger partial charge on any atom is 0.298 e. The van der Waals surface area contributed by atoms with Gasteiger partial charge < -0.3 is 9.47 Å². The molecule has 1 aliphatic rings. The molecule has 2 aromatic carbocycles. The number of ether oxygens (including phenoxy) is 2. The zero-order valence-electron chi connectivity index (χ0n) is 15.2. The lowest BCUT2D eigenvalue weighted by Gasteiger charge is -2.13. The molecule has 0 bridgehead atoms. The SMILES string of the molecule is CCOc1cc(Br)c(/C=C2/SC(=O)N(c3ccc(Cl)cc3)C2=O)cc1OCC. The predicted octanol–water partition coefficient (Wildman–Crippen LogP) is 6.14. The molecule has 0 aliphatic carbocycles. The quantitative estimate of drug-likeness (QED) is 0.463. The van der Waals surface area contributed by atoms with Crippen molar-refractivity contribution in [3.05, 3.63) is 56.4 Å². The average molecular weight is 483 g/mol. The van der Waals surface area contributed by atoms with Gasteiger partial charge >= 0.3 is 0 Å². The van der Waals surface area contributed by atoms with Gasteiger partial charge in [-0.25, -0.2) is 4.90 Å². The average Bonchev–Trinajstić information content (AvgIpc) is 2.93. The van der Waals surface area contributed by atoms with Gasteiger partial charge in [0.25, 0.3) is 11.1 Å². The summed E-state index contributed by atoms with van der Waals surface area (Å²) in [6.07, 6.45) is 1.67. The molecule has 1 aliphatic heterocycles. The summed E-state index contributed by atoms with van der Waals surface area (Å²) in [6.45, 7) is 4.76. The number of imide groups is 1. The molecule has 0 aromatic heterocycles. The topological polar surface area (TPSA) is 55.8 Å². The molecule has 3 rings (SSSR count). The minimum absolute atomic E-state index is 0.326. The lowest BCUT2D eigenvalue weighted by Crippen LogP contribution is -2.27. The molecule has 1 saturated heterocycles. The first kappa shape index (κ1) is 20.8. The van der Waals surface area contributed by atoms with Crippen LogP contribution in [0.5, 0.6) is 11.5 Å². The number of halogens is 2. The third-order valence-electron chi connectivity index (χ3n) is 3.83. The first-order valence-corrected chi connectivity index (χ1v) is 10.6. The summed E-state index contributed by atoms with van der Waals surface area (Å²) in [5.74, 6) is 0.814. The van der Waals surface area contributed by atoms with Gasteiger partial charge in [0, 0.05) is 9.50 Å². The molecule has 2 aromatic rings. The van der Waals surface area contributed by atoms with E-state index in [0.717, 1.165) is 21.1 Å². The van der Waals surface area contributed by atoms with E-state index in [9.17, 15) is 9.59 Å². The van der Waals surface area contributed by atoms with Crippen LogP contribution in [0.25, 0.3) is 6.08 Å². The van der Waals surface area contributed by atoms with E-state index in [2.05, 4.69) is 15.9 Å². The number of benzene rings is 2. The van der Waals surface area contributed by atoms with Crippen molar-refractivity contribution in [3.8, 4) is 11.5 Å². The summed E-state index contributed by atoms with van der Waals surface area (Å²) in [7, 11) is 0. The van der Waals surface area contributed by atoms with Crippen molar-refractivity contribution in [3.63, 3.8) is 0 Å². The Morgan fingerprint density at radius 1 is 1.07 bits per heavy atom. The fraction of sp³-hybridized carbons (Fsp3) is 0.200. The summed E-state index contributed by atoms with van der Waals surface area (Å²) in [6, 6.07) is 10.1. The Bertz CT molecular complexity index is 946. The standard InChI is InChI=1S/C20H17BrClNO4S/c1-3-26-16-9-12(15(21)11-17(16)27-4-2)10-18-19(24)23(20(25)28-18)14-7-5-13(22)6-8-14/h5-11H,3-4H2,1-2H3/b18-10+. The molecular weight excluding hydrogens is 466 g/mol. The van der Waals surface area contributed by atoms with Crippen molar-refractivity contribution < 1.29 is 19.1 Å². The highest BCUT2D eigenvalue weighted by Gasteiger charge is 2.36. The summed E-state index contributed by atoms with van der Waals surface area (Å²) in [5.41, 5.74) is 1.20. The lowest BCUT2D eigenvalue weighted by atomic mass is 10.1. The first-order chi connectivity index (χ1) is 13.4. The van der Waals surface area contributed by atoms with E-state index in [1.54, 1.807) is 42.5 Å². The van der Waals surface area contributed by atoms with Gasteiger partial charge in [0.05, 0.1) is 23.8 Å². The number of nitrogens with zero attached hydrogens (tertiary/aromatic N) is 1. The van der Waals surface area contributed by atoms with Crippen molar-refractivity contribution in [1.82, 2.24) is 0 Å². The minimum Gasteiger partial charge on any atom is -0.490 e. The smallest absolute Gasteiger partial charge is 0.298 e. The van der Waals surface area contributed by atoms with Crippen LogP contribution >= 0.6 is 39.3 Å². The second kappa shape index (κ2) is 9.03. The monoisotopic (exact) mass is 481 g/mol. The maximum atomic E-state index is 12.8. The maximum absolute atomic E-state index is 12.8. The zero-order chi connectivity index (χ0) is 20.3. The normalized spacial score (nSPS) is 15.4. The van der Waals surface area contributed by atoms with E-state index < -0.39 is 0 Å². The fourth-order valence-corrected chi connectivity index (χ4v) is 4.01. The zero-order valence-corrected chi connectivity index (χ0v) is 18.4. The Labute approximate surface area is 180 Å². The lowest BCUT2D eigenvalue weighted by molar-refractivity contribution is -0.113. The Morgan fingerprint density at radius 3 is 2.29 bits per heavy atom. The van der Waals surface area contributed by atoms with Crippen LogP contribution < -0.4 is 14.4 Å². The van der Waals surface area contributed by atoms with Crippen molar-refractivity contribution in [2.24, 2.45) is 0 Å². The predicted molar refractivity (Wildman–Crippen MR) is 116 cm³/mol. The van der Waals surface area contributed by atoms with Gasteiger partial charge in [-0.05, 0) is 73.6 Å². The molecule has 0 spiro atoms. The number of carbonyl (C=O) groups is 2. The minimum atomic E-state index is -0.379. The summed E-state index contributed by atoms with van der Waals surface area (Å²) in [4.78, 5) is 26.7. The second-order valence-electron chi connectivity index (χ2n) is 5.68. The van der Waals surface area contributed by atoms with E-state index in [4.69, 9.17) is 21.1 Å². The van der Waals surface area contributed by atoms with Crippen molar-refractivity contribution in [1.29, 1.82) is 0 Å². The van der Waals surface area contributed by atoms with Gasteiger partial charge in [-0.1, -0.05) is 27.5 Å². The van der Waals surface area contributed by atoms with Crippen LogP contribution in [-0.4, -0.2) is 24.4 Å². The number of amides is 2. The van der Waals surface area contributed by atoms with Gasteiger partial charge in [0.15, 0.2) is 11.5 Å². The highest BCUT2D eigenvalue weighted by molar-refractivity contribution is 9.10. The van der Waals surface area contributed by atoms with Crippen LogP contribution in [0.4, 0.5) is 10.5 Å². The van der Waals surface area contributed by atoms with Crippen molar-refractivity contribution >= 4 is 62.2 Å². The Hall–Kier alpha value is -1.96. The first-order valence-electron chi connectivity index (χ1n) is 8.57. The van der Waals surface area contributed by atoms with Gasteiger partial charge in [0.2, 0.25) is 0 Å². The molecule has 8 heteroatoms. The Morgan fingerprint density at radius 2 is 1.68 bits per heavy atom. The highest BCUT2D eigenvalue weighted by atomic mass is 79.9. The molecule has 0 N–H and O–H groups in total. The van der Waals surface area contributed by atoms with Crippen LogP contribution in [0.2, 0.25) is 5.02 Å². The van der Waals surface area contributed by atoms with Gasteiger partial charge in [-0.3, -0.25) is 9.59 Å². The summed E-state index contributed by atoms with van der Waals surface area (Å²) in [5, 5.41) is 0.179. The van der Waals surface area contributed by atoms with E-state index in [1.807, 2.05) is 13.8 Å². The van der Waals surface area contributed by atoms with Crippen molar-refractivity contribution in [2.45, 2.75) is 13.8 Å². The van der Waals surface area contributed by atoms with Crippen LogP contribution in [-0.2, 0) is 4.79 Å². The summed E-state index contributed by atoms with van der Waals surface area (Å²) < 4.78 is 12.0. The molecule has 146 valence electrons.